The highest BCUT2D eigenvalue weighted by Gasteiger charge is 2.21. The van der Waals surface area contributed by atoms with Crippen LogP contribution in [0.3, 0.4) is 0 Å². The van der Waals surface area contributed by atoms with Gasteiger partial charge in [0.1, 0.15) is 18.2 Å². The normalized spacial score (nSPS) is 13.6. The first-order chi connectivity index (χ1) is 16.2. The van der Waals surface area contributed by atoms with Gasteiger partial charge in [-0.1, -0.05) is 23.7 Å². The number of benzene rings is 2. The second kappa shape index (κ2) is 10.1. The maximum absolute atomic E-state index is 14.0. The van der Waals surface area contributed by atoms with E-state index < -0.39 is 28.3 Å². The summed E-state index contributed by atoms with van der Waals surface area (Å²) in [6, 6.07) is 8.83. The van der Waals surface area contributed by atoms with E-state index in [0.717, 1.165) is 25.0 Å². The van der Waals surface area contributed by atoms with Gasteiger partial charge in [0.05, 0.1) is 22.7 Å². The number of nitrogens with zero attached hydrogens (tertiary/aromatic N) is 2. The standard InChI is InChI=1S/C22H22ClF2N5O3S/c23-20-16(17(24)7-8-18(20)25)12-33-22-21(26)28-11-19(29-22)13-1-3-15(4-2-13)30-34(31,32)10-9-27-14-5-6-14/h1-4,7-8,11,14,27,30H,5-6,9-10,12H2,(H2,26,28). The molecule has 1 aromatic heterocycles. The van der Waals surface area contributed by atoms with Gasteiger partial charge in [-0.25, -0.2) is 27.2 Å². The minimum atomic E-state index is -3.48. The fourth-order valence-corrected chi connectivity index (χ4v) is 4.28. The van der Waals surface area contributed by atoms with Crippen molar-refractivity contribution in [2.75, 3.05) is 22.8 Å². The van der Waals surface area contributed by atoms with Crippen molar-refractivity contribution < 1.29 is 21.9 Å². The van der Waals surface area contributed by atoms with Crippen molar-refractivity contribution >= 4 is 33.1 Å². The van der Waals surface area contributed by atoms with Crippen molar-refractivity contribution in [2.24, 2.45) is 0 Å². The summed E-state index contributed by atoms with van der Waals surface area (Å²) in [5.41, 5.74) is 7.06. The predicted octanol–water partition coefficient (Wildman–Crippen LogP) is 3.73. The number of anilines is 2. The van der Waals surface area contributed by atoms with Gasteiger partial charge < -0.3 is 15.8 Å². The van der Waals surface area contributed by atoms with Crippen LogP contribution in [0.25, 0.3) is 11.3 Å². The fraction of sp³-hybridized carbons (Fsp3) is 0.273. The van der Waals surface area contributed by atoms with Crippen LogP contribution < -0.4 is 20.5 Å². The molecule has 0 atom stereocenters. The minimum absolute atomic E-state index is 0.0225. The Morgan fingerprint density at radius 1 is 1.12 bits per heavy atom. The van der Waals surface area contributed by atoms with Crippen LogP contribution in [0.4, 0.5) is 20.3 Å². The number of nitrogen functional groups attached to an aromatic ring is 1. The molecule has 34 heavy (non-hydrogen) atoms. The Bertz CT molecular complexity index is 1290. The van der Waals surface area contributed by atoms with E-state index in [1.165, 1.54) is 6.20 Å². The lowest BCUT2D eigenvalue weighted by molar-refractivity contribution is 0.288. The first kappa shape index (κ1) is 24.1. The summed E-state index contributed by atoms with van der Waals surface area (Å²) in [5, 5.41) is 2.78. The average molecular weight is 510 g/mol. The van der Waals surface area contributed by atoms with Crippen LogP contribution in [0.2, 0.25) is 5.02 Å². The van der Waals surface area contributed by atoms with Gasteiger partial charge in [0.15, 0.2) is 5.82 Å². The Balaban J connectivity index is 1.43. The van der Waals surface area contributed by atoms with E-state index in [9.17, 15) is 17.2 Å². The molecule has 0 spiro atoms. The number of aromatic nitrogens is 2. The molecule has 0 saturated heterocycles. The van der Waals surface area contributed by atoms with Crippen LogP contribution in [-0.4, -0.2) is 36.7 Å². The van der Waals surface area contributed by atoms with Gasteiger partial charge in [-0.2, -0.15) is 0 Å². The number of rotatable bonds is 10. The molecule has 0 bridgehead atoms. The number of ether oxygens (including phenoxy) is 1. The van der Waals surface area contributed by atoms with Crippen LogP contribution in [0.1, 0.15) is 18.4 Å². The lowest BCUT2D eigenvalue weighted by atomic mass is 10.1. The zero-order valence-electron chi connectivity index (χ0n) is 17.9. The first-order valence-electron chi connectivity index (χ1n) is 10.4. The summed E-state index contributed by atoms with van der Waals surface area (Å²) in [7, 11) is -3.48. The molecule has 180 valence electrons. The van der Waals surface area contributed by atoms with Crippen molar-refractivity contribution in [3.63, 3.8) is 0 Å². The molecule has 4 N–H and O–H groups in total. The number of hydrogen-bond acceptors (Lipinski definition) is 7. The summed E-state index contributed by atoms with van der Waals surface area (Å²) in [6.45, 7) is -0.00625. The molecule has 0 unspecified atom stereocenters. The third kappa shape index (κ3) is 6.10. The van der Waals surface area contributed by atoms with Crippen LogP contribution in [-0.2, 0) is 16.6 Å². The number of nitrogens with two attached hydrogens (primary N) is 1. The molecule has 1 heterocycles. The van der Waals surface area contributed by atoms with Gasteiger partial charge in [0.2, 0.25) is 10.0 Å². The second-order valence-corrected chi connectivity index (χ2v) is 10.0. The van der Waals surface area contributed by atoms with Gasteiger partial charge >= 0.3 is 0 Å². The van der Waals surface area contributed by atoms with Crippen LogP contribution in [0.5, 0.6) is 5.88 Å². The van der Waals surface area contributed by atoms with E-state index in [-0.39, 0.29) is 28.0 Å². The average Bonchev–Trinajstić information content (AvgIpc) is 3.62. The molecule has 1 aliphatic rings. The van der Waals surface area contributed by atoms with E-state index in [4.69, 9.17) is 22.1 Å². The van der Waals surface area contributed by atoms with E-state index in [2.05, 4.69) is 20.0 Å². The van der Waals surface area contributed by atoms with Crippen LogP contribution in [0, 0.1) is 11.6 Å². The highest BCUT2D eigenvalue weighted by atomic mass is 35.5. The molecule has 3 aromatic rings. The van der Waals surface area contributed by atoms with Gasteiger partial charge in [-0.15, -0.1) is 0 Å². The molecule has 4 rings (SSSR count). The van der Waals surface area contributed by atoms with E-state index in [1.807, 2.05) is 0 Å². The number of halogens is 3. The Kier molecular flexibility index (Phi) is 7.15. The van der Waals surface area contributed by atoms with Gasteiger partial charge in [-0.3, -0.25) is 4.72 Å². The summed E-state index contributed by atoms with van der Waals surface area (Å²) in [6.07, 6.45) is 3.59. The highest BCUT2D eigenvalue weighted by molar-refractivity contribution is 7.92. The van der Waals surface area contributed by atoms with Gasteiger partial charge in [0.25, 0.3) is 5.88 Å². The number of hydrogen-bond donors (Lipinski definition) is 3. The maximum Gasteiger partial charge on any atom is 0.258 e. The lowest BCUT2D eigenvalue weighted by Gasteiger charge is -2.12. The lowest BCUT2D eigenvalue weighted by Crippen LogP contribution is -2.27. The van der Waals surface area contributed by atoms with Crippen LogP contribution in [0.15, 0.2) is 42.6 Å². The smallest absolute Gasteiger partial charge is 0.258 e. The summed E-state index contributed by atoms with van der Waals surface area (Å²) >= 11 is 5.82. The van der Waals surface area contributed by atoms with E-state index in [1.54, 1.807) is 24.3 Å². The van der Waals surface area contributed by atoms with E-state index >= 15 is 0 Å². The SMILES string of the molecule is Nc1ncc(-c2ccc(NS(=O)(=O)CCNC3CC3)cc2)nc1OCc1c(F)ccc(F)c1Cl. The quantitative estimate of drug-likeness (QED) is 0.356. The predicted molar refractivity (Wildman–Crippen MR) is 126 cm³/mol. The third-order valence-corrected chi connectivity index (χ3v) is 6.79. The van der Waals surface area contributed by atoms with Crippen molar-refractivity contribution in [1.29, 1.82) is 0 Å². The second-order valence-electron chi connectivity index (χ2n) is 7.78. The van der Waals surface area contributed by atoms with Crippen molar-refractivity contribution in [3.8, 4) is 17.1 Å². The maximum atomic E-state index is 14.0. The fourth-order valence-electron chi connectivity index (χ4n) is 3.09. The Hall–Kier alpha value is -3.02. The minimum Gasteiger partial charge on any atom is -0.470 e. The molecule has 1 saturated carbocycles. The van der Waals surface area contributed by atoms with Crippen molar-refractivity contribution in [3.05, 3.63) is 64.8 Å². The first-order valence-corrected chi connectivity index (χ1v) is 12.5. The highest BCUT2D eigenvalue weighted by Crippen LogP contribution is 2.27. The topological polar surface area (TPSA) is 119 Å². The zero-order valence-corrected chi connectivity index (χ0v) is 19.5. The number of nitrogens with one attached hydrogen (secondary N) is 2. The Labute approximate surface area is 200 Å². The Morgan fingerprint density at radius 2 is 1.82 bits per heavy atom. The third-order valence-electron chi connectivity index (χ3n) is 5.09. The molecular weight excluding hydrogens is 488 g/mol. The molecule has 0 amide bonds. The Morgan fingerprint density at radius 3 is 2.53 bits per heavy atom. The molecule has 12 heteroatoms. The molecule has 1 fully saturated rings. The van der Waals surface area contributed by atoms with Crippen LogP contribution >= 0.6 is 11.6 Å². The molecule has 2 aromatic carbocycles. The zero-order chi connectivity index (χ0) is 24.3. The molecule has 8 nitrogen and oxygen atoms in total. The molecule has 0 aliphatic heterocycles. The summed E-state index contributed by atoms with van der Waals surface area (Å²) < 4.78 is 60.1. The van der Waals surface area contributed by atoms with Gasteiger partial charge in [0, 0.05) is 29.4 Å². The largest absolute Gasteiger partial charge is 0.470 e. The summed E-state index contributed by atoms with van der Waals surface area (Å²) in [5.74, 6) is -1.64. The van der Waals surface area contributed by atoms with E-state index in [0.29, 0.717) is 29.5 Å². The molecule has 0 radical (unpaired) electrons. The molecule has 1 aliphatic carbocycles. The molecular formula is C22H22ClF2N5O3S. The summed E-state index contributed by atoms with van der Waals surface area (Å²) in [4.78, 5) is 8.33. The van der Waals surface area contributed by atoms with Gasteiger partial charge in [-0.05, 0) is 37.1 Å². The van der Waals surface area contributed by atoms with Crippen molar-refractivity contribution in [2.45, 2.75) is 25.5 Å². The number of sulfonamides is 1. The monoisotopic (exact) mass is 509 g/mol. The van der Waals surface area contributed by atoms with Crippen molar-refractivity contribution in [1.82, 2.24) is 15.3 Å².